The molecular formula is C21H21N5. The number of rotatable bonds is 4. The molecule has 4 aromatic rings. The van der Waals surface area contributed by atoms with Crippen molar-refractivity contribution < 1.29 is 0 Å². The van der Waals surface area contributed by atoms with Gasteiger partial charge in [-0.2, -0.15) is 0 Å². The maximum Gasteiger partial charge on any atom is 0.187 e. The summed E-state index contributed by atoms with van der Waals surface area (Å²) in [6.07, 6.45) is 5.55. The third kappa shape index (κ3) is 2.74. The molecule has 1 aliphatic heterocycles. The fourth-order valence-electron chi connectivity index (χ4n) is 3.87. The summed E-state index contributed by atoms with van der Waals surface area (Å²) in [4.78, 5) is 4.97. The highest BCUT2D eigenvalue weighted by Gasteiger charge is 2.15. The summed E-state index contributed by atoms with van der Waals surface area (Å²) in [5, 5.41) is 13.2. The largest absolute Gasteiger partial charge is 0.316 e. The van der Waals surface area contributed by atoms with Crippen LogP contribution in [0.4, 0.5) is 0 Å². The minimum atomic E-state index is 0.786. The Hall–Kier alpha value is -2.79. The second-order valence-electron chi connectivity index (χ2n) is 7.04. The van der Waals surface area contributed by atoms with Crippen molar-refractivity contribution in [3.05, 3.63) is 60.3 Å². The minimum Gasteiger partial charge on any atom is -0.316 e. The standard InChI is InChI=1S/C21H21N5/c1-2-13-26-19(6-1)24-25-21(26)18-10-9-17-5-3-4-16(20(17)23-18)8-7-15-11-12-22-14-15/h1-6,9-10,13,15,22H,7-8,11-12,14H2/t15-/m1/s1. The molecule has 130 valence electrons. The first-order valence-corrected chi connectivity index (χ1v) is 9.28. The zero-order valence-electron chi connectivity index (χ0n) is 14.6. The molecule has 1 N–H and O–H groups in total. The smallest absolute Gasteiger partial charge is 0.187 e. The van der Waals surface area contributed by atoms with Crippen LogP contribution in [-0.2, 0) is 6.42 Å². The molecule has 5 heteroatoms. The summed E-state index contributed by atoms with van der Waals surface area (Å²) in [6, 6.07) is 16.6. The minimum absolute atomic E-state index is 0.786. The van der Waals surface area contributed by atoms with Crippen molar-refractivity contribution in [3.8, 4) is 11.5 Å². The van der Waals surface area contributed by atoms with Gasteiger partial charge in [0.15, 0.2) is 11.5 Å². The van der Waals surface area contributed by atoms with Crippen molar-refractivity contribution in [1.29, 1.82) is 0 Å². The van der Waals surface area contributed by atoms with E-state index in [4.69, 9.17) is 4.98 Å². The van der Waals surface area contributed by atoms with E-state index < -0.39 is 0 Å². The molecule has 0 saturated carbocycles. The van der Waals surface area contributed by atoms with Crippen LogP contribution in [0.1, 0.15) is 18.4 Å². The molecule has 0 bridgehead atoms. The molecule has 0 radical (unpaired) electrons. The van der Waals surface area contributed by atoms with Gasteiger partial charge in [-0.3, -0.25) is 4.40 Å². The van der Waals surface area contributed by atoms with Crippen LogP contribution in [0.2, 0.25) is 0 Å². The maximum atomic E-state index is 4.97. The lowest BCUT2D eigenvalue weighted by Crippen LogP contribution is -2.09. The lowest BCUT2D eigenvalue weighted by Gasteiger charge is -2.10. The number of aryl methyl sites for hydroxylation is 1. The predicted octanol–water partition coefficient (Wildman–Crippen LogP) is 3.49. The van der Waals surface area contributed by atoms with Gasteiger partial charge in [0.1, 0.15) is 5.69 Å². The number of para-hydroxylation sites is 1. The van der Waals surface area contributed by atoms with E-state index in [9.17, 15) is 0 Å². The van der Waals surface area contributed by atoms with E-state index in [1.807, 2.05) is 34.9 Å². The summed E-state index contributed by atoms with van der Waals surface area (Å²) in [5.74, 6) is 1.58. The number of hydrogen-bond donors (Lipinski definition) is 1. The van der Waals surface area contributed by atoms with Crippen molar-refractivity contribution in [3.63, 3.8) is 0 Å². The van der Waals surface area contributed by atoms with Gasteiger partial charge in [0.2, 0.25) is 0 Å². The highest BCUT2D eigenvalue weighted by Crippen LogP contribution is 2.25. The molecule has 0 aliphatic carbocycles. The van der Waals surface area contributed by atoms with Crippen LogP contribution in [0, 0.1) is 5.92 Å². The van der Waals surface area contributed by atoms with Crippen LogP contribution in [-0.4, -0.2) is 32.7 Å². The van der Waals surface area contributed by atoms with Gasteiger partial charge in [-0.15, -0.1) is 10.2 Å². The van der Waals surface area contributed by atoms with Crippen LogP contribution >= 0.6 is 0 Å². The molecule has 0 amide bonds. The van der Waals surface area contributed by atoms with E-state index in [-0.39, 0.29) is 0 Å². The van der Waals surface area contributed by atoms with Gasteiger partial charge >= 0.3 is 0 Å². The summed E-state index contributed by atoms with van der Waals surface area (Å²) < 4.78 is 1.99. The quantitative estimate of drug-likeness (QED) is 0.616. The Morgan fingerprint density at radius 1 is 1.04 bits per heavy atom. The number of fused-ring (bicyclic) bond motifs is 2. The van der Waals surface area contributed by atoms with Gasteiger partial charge in [-0.25, -0.2) is 4.98 Å². The van der Waals surface area contributed by atoms with E-state index in [0.29, 0.717) is 0 Å². The van der Waals surface area contributed by atoms with Crippen molar-refractivity contribution >= 4 is 16.6 Å². The molecule has 3 aromatic heterocycles. The van der Waals surface area contributed by atoms with Crippen molar-refractivity contribution in [2.24, 2.45) is 5.92 Å². The van der Waals surface area contributed by atoms with E-state index >= 15 is 0 Å². The summed E-state index contributed by atoms with van der Waals surface area (Å²) in [7, 11) is 0. The zero-order valence-corrected chi connectivity index (χ0v) is 14.6. The Morgan fingerprint density at radius 3 is 2.96 bits per heavy atom. The average molecular weight is 343 g/mol. The third-order valence-corrected chi connectivity index (χ3v) is 5.33. The predicted molar refractivity (Wildman–Crippen MR) is 103 cm³/mol. The van der Waals surface area contributed by atoms with E-state index in [0.717, 1.165) is 48.1 Å². The fourth-order valence-corrected chi connectivity index (χ4v) is 3.87. The second-order valence-corrected chi connectivity index (χ2v) is 7.04. The van der Waals surface area contributed by atoms with Crippen LogP contribution in [0.15, 0.2) is 54.7 Å². The molecule has 0 unspecified atom stereocenters. The lowest BCUT2D eigenvalue weighted by atomic mass is 9.97. The summed E-state index contributed by atoms with van der Waals surface area (Å²) in [6.45, 7) is 2.30. The first kappa shape index (κ1) is 15.5. The molecule has 1 saturated heterocycles. The molecular weight excluding hydrogens is 322 g/mol. The monoisotopic (exact) mass is 343 g/mol. The highest BCUT2D eigenvalue weighted by molar-refractivity contribution is 5.84. The van der Waals surface area contributed by atoms with Crippen molar-refractivity contribution in [2.45, 2.75) is 19.3 Å². The van der Waals surface area contributed by atoms with Crippen molar-refractivity contribution in [1.82, 2.24) is 24.9 Å². The van der Waals surface area contributed by atoms with Gasteiger partial charge in [0.05, 0.1) is 5.52 Å². The first-order chi connectivity index (χ1) is 12.9. The number of pyridine rings is 2. The molecule has 1 aromatic carbocycles. The zero-order chi connectivity index (χ0) is 17.3. The van der Waals surface area contributed by atoms with E-state index in [1.165, 1.54) is 23.8 Å². The topological polar surface area (TPSA) is 55.1 Å². The number of hydrogen-bond acceptors (Lipinski definition) is 4. The van der Waals surface area contributed by atoms with Gasteiger partial charge in [0.25, 0.3) is 0 Å². The molecule has 1 fully saturated rings. The Balaban J connectivity index is 1.54. The fraction of sp³-hybridized carbons (Fsp3) is 0.286. The van der Waals surface area contributed by atoms with Crippen LogP contribution in [0.25, 0.3) is 28.1 Å². The number of aromatic nitrogens is 4. The molecule has 1 atom stereocenters. The van der Waals surface area contributed by atoms with Gasteiger partial charge < -0.3 is 5.32 Å². The second kappa shape index (κ2) is 6.50. The third-order valence-electron chi connectivity index (χ3n) is 5.33. The van der Waals surface area contributed by atoms with Gasteiger partial charge in [-0.05, 0) is 62.0 Å². The van der Waals surface area contributed by atoms with Crippen molar-refractivity contribution in [2.75, 3.05) is 13.1 Å². The van der Waals surface area contributed by atoms with Crippen LogP contribution < -0.4 is 5.32 Å². The van der Waals surface area contributed by atoms with E-state index in [1.54, 1.807) is 0 Å². The lowest BCUT2D eigenvalue weighted by molar-refractivity contribution is 0.533. The van der Waals surface area contributed by atoms with E-state index in [2.05, 4.69) is 39.8 Å². The molecule has 5 rings (SSSR count). The molecule has 26 heavy (non-hydrogen) atoms. The average Bonchev–Trinajstić information content (AvgIpc) is 3.35. The molecule has 0 spiro atoms. The highest BCUT2D eigenvalue weighted by atomic mass is 15.2. The Morgan fingerprint density at radius 2 is 2.04 bits per heavy atom. The van der Waals surface area contributed by atoms with Crippen LogP contribution in [0.3, 0.4) is 0 Å². The Kier molecular flexibility index (Phi) is 3.87. The number of benzene rings is 1. The maximum absolute atomic E-state index is 4.97. The molecule has 5 nitrogen and oxygen atoms in total. The summed E-state index contributed by atoms with van der Waals surface area (Å²) in [5.41, 5.74) is 4.12. The Bertz CT molecular complexity index is 1060. The Labute approximate surface area is 152 Å². The normalized spacial score (nSPS) is 17.3. The number of nitrogens with one attached hydrogen (secondary N) is 1. The summed E-state index contributed by atoms with van der Waals surface area (Å²) >= 11 is 0. The SMILES string of the molecule is c1cc(CC[C@@H]2CCNC2)c2nc(-c3nnc4ccccn34)ccc2c1. The first-order valence-electron chi connectivity index (χ1n) is 9.28. The van der Waals surface area contributed by atoms with Gasteiger partial charge in [0, 0.05) is 11.6 Å². The molecule has 1 aliphatic rings. The van der Waals surface area contributed by atoms with Crippen LogP contribution in [0.5, 0.6) is 0 Å². The number of nitrogens with zero attached hydrogens (tertiary/aromatic N) is 4. The molecule has 4 heterocycles. The van der Waals surface area contributed by atoms with Gasteiger partial charge in [-0.1, -0.05) is 30.3 Å².